The van der Waals surface area contributed by atoms with E-state index in [-0.39, 0.29) is 10.6 Å². The van der Waals surface area contributed by atoms with Crippen molar-refractivity contribution in [2.45, 2.75) is 11.8 Å². The van der Waals surface area contributed by atoms with Crippen molar-refractivity contribution in [1.29, 1.82) is 0 Å². The Labute approximate surface area is 161 Å². The maximum atomic E-state index is 12.7. The first-order valence-corrected chi connectivity index (χ1v) is 10.1. The van der Waals surface area contributed by atoms with E-state index in [1.165, 1.54) is 12.1 Å². The summed E-state index contributed by atoms with van der Waals surface area (Å²) in [4.78, 5) is 4.31. The van der Waals surface area contributed by atoms with Crippen LogP contribution in [0.15, 0.2) is 56.4 Å². The van der Waals surface area contributed by atoms with Crippen LogP contribution in [0.5, 0.6) is 5.75 Å². The van der Waals surface area contributed by atoms with E-state index >= 15 is 0 Å². The van der Waals surface area contributed by atoms with Crippen molar-refractivity contribution in [1.82, 2.24) is 4.98 Å². The molecule has 3 rings (SSSR count). The molecule has 0 spiro atoms. The van der Waals surface area contributed by atoms with Crippen LogP contribution in [-0.4, -0.2) is 13.4 Å². The molecule has 0 saturated carbocycles. The standard InChI is InChI=1S/C16H10Br2ClNO3S/c1-9-7-10(19)4-5-14(9)24(21,22)23-16-13(18)8-12(17)11-3-2-6-20-15(11)16/h2-8H,1H3. The van der Waals surface area contributed by atoms with Crippen molar-refractivity contribution in [2.24, 2.45) is 0 Å². The summed E-state index contributed by atoms with van der Waals surface area (Å²) >= 11 is 12.7. The lowest BCUT2D eigenvalue weighted by Gasteiger charge is -2.13. The highest BCUT2D eigenvalue weighted by Crippen LogP contribution is 2.39. The first-order chi connectivity index (χ1) is 11.3. The molecule has 0 amide bonds. The van der Waals surface area contributed by atoms with Gasteiger partial charge in [-0.2, -0.15) is 8.42 Å². The van der Waals surface area contributed by atoms with Gasteiger partial charge in [-0.1, -0.05) is 33.6 Å². The summed E-state index contributed by atoms with van der Waals surface area (Å²) in [6, 6.07) is 9.83. The molecular formula is C16H10Br2ClNO3S. The molecule has 3 aromatic rings. The minimum atomic E-state index is -4.03. The van der Waals surface area contributed by atoms with Gasteiger partial charge in [0.1, 0.15) is 10.4 Å². The van der Waals surface area contributed by atoms with Crippen LogP contribution in [-0.2, 0) is 10.1 Å². The molecule has 24 heavy (non-hydrogen) atoms. The van der Waals surface area contributed by atoms with Crippen LogP contribution < -0.4 is 4.18 Å². The van der Waals surface area contributed by atoms with Gasteiger partial charge in [-0.05, 0) is 58.7 Å². The fourth-order valence-electron chi connectivity index (χ4n) is 2.27. The highest BCUT2D eigenvalue weighted by molar-refractivity contribution is 9.11. The second-order valence-electron chi connectivity index (χ2n) is 5.02. The Morgan fingerprint density at radius 3 is 2.58 bits per heavy atom. The summed E-state index contributed by atoms with van der Waals surface area (Å²) in [7, 11) is -4.03. The molecule has 0 unspecified atom stereocenters. The number of nitrogens with zero attached hydrogens (tertiary/aromatic N) is 1. The number of pyridine rings is 1. The summed E-state index contributed by atoms with van der Waals surface area (Å²) < 4.78 is 32.0. The van der Waals surface area contributed by atoms with Crippen molar-refractivity contribution >= 4 is 64.5 Å². The van der Waals surface area contributed by atoms with Gasteiger partial charge < -0.3 is 4.18 Å². The molecule has 0 fully saturated rings. The number of benzene rings is 2. The highest BCUT2D eigenvalue weighted by Gasteiger charge is 2.23. The fourth-order valence-corrected chi connectivity index (χ4v) is 5.13. The number of aryl methyl sites for hydroxylation is 1. The van der Waals surface area contributed by atoms with E-state index in [9.17, 15) is 8.42 Å². The third kappa shape index (κ3) is 3.31. The van der Waals surface area contributed by atoms with E-state index in [1.54, 1.807) is 31.3 Å². The van der Waals surface area contributed by atoms with E-state index in [4.69, 9.17) is 15.8 Å². The minimum Gasteiger partial charge on any atom is -0.375 e. The molecule has 0 aliphatic carbocycles. The Kier molecular flexibility index (Phi) is 4.88. The van der Waals surface area contributed by atoms with Crippen molar-refractivity contribution in [3.63, 3.8) is 0 Å². The number of hydrogen-bond donors (Lipinski definition) is 0. The van der Waals surface area contributed by atoms with E-state index in [2.05, 4.69) is 36.8 Å². The van der Waals surface area contributed by atoms with Gasteiger partial charge in [0.05, 0.1) is 4.47 Å². The number of hydrogen-bond acceptors (Lipinski definition) is 4. The van der Waals surface area contributed by atoms with E-state index in [0.29, 0.717) is 20.6 Å². The summed E-state index contributed by atoms with van der Waals surface area (Å²) in [5.74, 6) is 0.142. The molecule has 0 atom stereocenters. The summed E-state index contributed by atoms with van der Waals surface area (Å²) in [5, 5.41) is 1.21. The molecule has 0 radical (unpaired) electrons. The SMILES string of the molecule is Cc1cc(Cl)ccc1S(=O)(=O)Oc1c(Br)cc(Br)c2cccnc12. The Bertz CT molecular complexity index is 1050. The molecule has 8 heteroatoms. The molecule has 0 aliphatic heterocycles. The van der Waals surface area contributed by atoms with Crippen molar-refractivity contribution < 1.29 is 12.6 Å². The van der Waals surface area contributed by atoms with Gasteiger partial charge in [-0.15, -0.1) is 0 Å². The summed E-state index contributed by atoms with van der Waals surface area (Å²) in [6.45, 7) is 1.66. The second kappa shape index (κ2) is 6.63. The van der Waals surface area contributed by atoms with Gasteiger partial charge in [0, 0.05) is 21.1 Å². The predicted octanol–water partition coefficient (Wildman–Crippen LogP) is 5.49. The quantitative estimate of drug-likeness (QED) is 0.455. The molecule has 1 heterocycles. The Hall–Kier alpha value is -1.15. The number of fused-ring (bicyclic) bond motifs is 1. The average Bonchev–Trinajstić information content (AvgIpc) is 2.51. The summed E-state index contributed by atoms with van der Waals surface area (Å²) in [6.07, 6.45) is 1.58. The lowest BCUT2D eigenvalue weighted by atomic mass is 10.2. The smallest absolute Gasteiger partial charge is 0.339 e. The van der Waals surface area contributed by atoms with E-state index in [1.807, 2.05) is 6.07 Å². The Morgan fingerprint density at radius 1 is 1.12 bits per heavy atom. The zero-order valence-corrected chi connectivity index (χ0v) is 17.0. The van der Waals surface area contributed by atoms with Gasteiger partial charge in [0.2, 0.25) is 0 Å². The molecule has 0 saturated heterocycles. The minimum absolute atomic E-state index is 0.0609. The van der Waals surface area contributed by atoms with Crippen LogP contribution in [0, 0.1) is 6.92 Å². The maximum Gasteiger partial charge on any atom is 0.339 e. The largest absolute Gasteiger partial charge is 0.375 e. The fraction of sp³-hybridized carbons (Fsp3) is 0.0625. The number of halogens is 3. The first-order valence-electron chi connectivity index (χ1n) is 6.73. The lowest BCUT2D eigenvalue weighted by Crippen LogP contribution is -2.12. The van der Waals surface area contributed by atoms with Crippen LogP contribution >= 0.6 is 43.5 Å². The van der Waals surface area contributed by atoms with Crippen LogP contribution in [0.1, 0.15) is 5.56 Å². The van der Waals surface area contributed by atoms with Crippen molar-refractivity contribution in [2.75, 3.05) is 0 Å². The molecule has 4 nitrogen and oxygen atoms in total. The Balaban J connectivity index is 2.16. The second-order valence-corrected chi connectivity index (χ2v) is 8.68. The van der Waals surface area contributed by atoms with Gasteiger partial charge in [-0.25, -0.2) is 0 Å². The van der Waals surface area contributed by atoms with E-state index < -0.39 is 10.1 Å². The summed E-state index contributed by atoms with van der Waals surface area (Å²) in [5.41, 5.74) is 0.946. The zero-order chi connectivity index (χ0) is 17.5. The van der Waals surface area contributed by atoms with Crippen molar-refractivity contribution in [3.8, 4) is 5.75 Å². The number of rotatable bonds is 3. The monoisotopic (exact) mass is 489 g/mol. The third-order valence-corrected chi connectivity index (χ3v) is 6.21. The predicted molar refractivity (Wildman–Crippen MR) is 101 cm³/mol. The maximum absolute atomic E-state index is 12.7. The molecular weight excluding hydrogens is 482 g/mol. The lowest BCUT2D eigenvalue weighted by molar-refractivity contribution is 0.486. The van der Waals surface area contributed by atoms with Crippen LogP contribution in [0.2, 0.25) is 5.02 Å². The molecule has 1 aromatic heterocycles. The van der Waals surface area contributed by atoms with E-state index in [0.717, 1.165) is 9.86 Å². The van der Waals surface area contributed by atoms with Crippen molar-refractivity contribution in [3.05, 3.63) is 62.1 Å². The van der Waals surface area contributed by atoms with Gasteiger partial charge in [-0.3, -0.25) is 4.98 Å². The molecule has 0 aliphatic rings. The molecule has 0 N–H and O–H groups in total. The third-order valence-electron chi connectivity index (χ3n) is 3.35. The van der Waals surface area contributed by atoms with Gasteiger partial charge in [0.25, 0.3) is 0 Å². The number of aromatic nitrogens is 1. The average molecular weight is 492 g/mol. The highest BCUT2D eigenvalue weighted by atomic mass is 79.9. The normalized spacial score (nSPS) is 11.7. The van der Waals surface area contributed by atoms with Crippen LogP contribution in [0.25, 0.3) is 10.9 Å². The first kappa shape index (κ1) is 17.7. The van der Waals surface area contributed by atoms with Crippen LogP contribution in [0.3, 0.4) is 0 Å². The zero-order valence-electron chi connectivity index (χ0n) is 12.3. The van der Waals surface area contributed by atoms with Crippen LogP contribution in [0.4, 0.5) is 0 Å². The Morgan fingerprint density at radius 2 is 1.88 bits per heavy atom. The van der Waals surface area contributed by atoms with Gasteiger partial charge in [0.15, 0.2) is 5.75 Å². The molecule has 2 aromatic carbocycles. The topological polar surface area (TPSA) is 56.3 Å². The molecule has 0 bridgehead atoms. The van der Waals surface area contributed by atoms with Gasteiger partial charge >= 0.3 is 10.1 Å². The molecule has 124 valence electrons.